The first-order valence-electron chi connectivity index (χ1n) is 10.9. The lowest BCUT2D eigenvalue weighted by molar-refractivity contribution is 0.0304. The largest absolute Gasteiger partial charge is 0.379 e. The lowest BCUT2D eigenvalue weighted by atomic mass is 9.77. The molecule has 2 aliphatic rings. The first-order valence-corrected chi connectivity index (χ1v) is 10.9. The van der Waals surface area contributed by atoms with E-state index in [1.54, 1.807) is 31.9 Å². The third-order valence-corrected chi connectivity index (χ3v) is 6.50. The quantitative estimate of drug-likeness (QED) is 0.665. The molecule has 0 radical (unpaired) electrons. The zero-order chi connectivity index (χ0) is 21.9. The highest BCUT2D eigenvalue weighted by molar-refractivity contribution is 5.94. The molecule has 8 heteroatoms. The summed E-state index contributed by atoms with van der Waals surface area (Å²) in [6.07, 6.45) is 8.65. The van der Waals surface area contributed by atoms with Crippen LogP contribution in [0.15, 0.2) is 61.2 Å². The number of likely N-dealkylation sites (tertiary alicyclic amines) is 1. The number of pyridine rings is 2. The Morgan fingerprint density at radius 1 is 0.969 bits per heavy atom. The number of rotatable bonds is 5. The van der Waals surface area contributed by atoms with Crippen LogP contribution in [0.2, 0.25) is 0 Å². The fraction of sp³-hybridized carbons (Fsp3) is 0.375. The summed E-state index contributed by atoms with van der Waals surface area (Å²) in [6, 6.07) is 11.6. The molecular formula is C24H26N6O2. The average Bonchev–Trinajstić information content (AvgIpc) is 3.27. The maximum Gasteiger partial charge on any atom is 0.257 e. The zero-order valence-electron chi connectivity index (χ0n) is 18.0. The molecule has 1 N–H and O–H groups in total. The van der Waals surface area contributed by atoms with Crippen molar-refractivity contribution in [3.63, 3.8) is 0 Å². The maximum absolute atomic E-state index is 13.1. The van der Waals surface area contributed by atoms with E-state index in [9.17, 15) is 4.79 Å². The smallest absolute Gasteiger partial charge is 0.257 e. The van der Waals surface area contributed by atoms with Crippen molar-refractivity contribution in [3.05, 3.63) is 66.7 Å². The maximum atomic E-state index is 13.1. The Morgan fingerprint density at radius 2 is 1.69 bits per heavy atom. The number of nitrogens with zero attached hydrogens (tertiary/aromatic N) is 5. The van der Waals surface area contributed by atoms with E-state index in [-0.39, 0.29) is 18.1 Å². The molecule has 0 unspecified atom stereocenters. The first kappa shape index (κ1) is 20.5. The summed E-state index contributed by atoms with van der Waals surface area (Å²) in [4.78, 5) is 32.4. The van der Waals surface area contributed by atoms with E-state index in [1.807, 2.05) is 41.3 Å². The van der Waals surface area contributed by atoms with Gasteiger partial charge in [0.1, 0.15) is 11.5 Å². The van der Waals surface area contributed by atoms with Crippen LogP contribution in [0, 0.1) is 11.8 Å². The fourth-order valence-corrected chi connectivity index (χ4v) is 4.88. The lowest BCUT2D eigenvalue weighted by Gasteiger charge is -2.37. The van der Waals surface area contributed by atoms with Crippen LogP contribution >= 0.6 is 0 Å². The van der Waals surface area contributed by atoms with E-state index in [0.717, 1.165) is 31.7 Å². The number of ether oxygens (including phenoxy) is 1. The molecule has 2 fully saturated rings. The van der Waals surface area contributed by atoms with Crippen LogP contribution in [0.5, 0.6) is 0 Å². The molecule has 1 aliphatic carbocycles. The SMILES string of the molecule is CO[C@@H]1C[C@H]2CN(C(=O)c3cnc(-c4ccccn4)nc3)C[C@H]2C[C@H]1Nc1ccccn1. The highest BCUT2D eigenvalue weighted by Crippen LogP contribution is 2.38. The molecule has 32 heavy (non-hydrogen) atoms. The minimum Gasteiger partial charge on any atom is -0.379 e. The predicted molar refractivity (Wildman–Crippen MR) is 120 cm³/mol. The molecule has 1 saturated carbocycles. The second-order valence-corrected chi connectivity index (χ2v) is 8.45. The molecule has 1 amide bonds. The summed E-state index contributed by atoms with van der Waals surface area (Å²) >= 11 is 0. The van der Waals surface area contributed by atoms with Gasteiger partial charge in [-0.05, 0) is 48.9 Å². The van der Waals surface area contributed by atoms with E-state index < -0.39 is 0 Å². The number of hydrogen-bond donors (Lipinski definition) is 1. The van der Waals surface area contributed by atoms with E-state index in [4.69, 9.17) is 4.74 Å². The van der Waals surface area contributed by atoms with Gasteiger partial charge < -0.3 is 15.0 Å². The van der Waals surface area contributed by atoms with Gasteiger partial charge >= 0.3 is 0 Å². The minimum absolute atomic E-state index is 0.0184. The number of methoxy groups -OCH3 is 1. The van der Waals surface area contributed by atoms with Crippen molar-refractivity contribution in [2.75, 3.05) is 25.5 Å². The van der Waals surface area contributed by atoms with E-state index in [1.165, 1.54) is 0 Å². The summed E-state index contributed by atoms with van der Waals surface area (Å²) in [7, 11) is 1.76. The van der Waals surface area contributed by atoms with Crippen LogP contribution in [-0.2, 0) is 4.74 Å². The molecule has 5 rings (SSSR count). The Hall–Kier alpha value is -3.39. The molecule has 3 aromatic rings. The molecule has 0 aromatic carbocycles. The van der Waals surface area contributed by atoms with Crippen molar-refractivity contribution in [2.24, 2.45) is 11.8 Å². The summed E-state index contributed by atoms with van der Waals surface area (Å²) in [5.41, 5.74) is 1.20. The second kappa shape index (κ2) is 9.00. The molecule has 164 valence electrons. The Bertz CT molecular complexity index is 1050. The monoisotopic (exact) mass is 430 g/mol. The van der Waals surface area contributed by atoms with Crippen LogP contribution in [0.4, 0.5) is 5.82 Å². The third-order valence-electron chi connectivity index (χ3n) is 6.50. The van der Waals surface area contributed by atoms with Gasteiger partial charge in [0.15, 0.2) is 5.82 Å². The highest BCUT2D eigenvalue weighted by Gasteiger charge is 2.44. The summed E-state index contributed by atoms with van der Waals surface area (Å²) in [5.74, 6) is 2.22. The summed E-state index contributed by atoms with van der Waals surface area (Å²) in [5, 5.41) is 3.53. The van der Waals surface area contributed by atoms with Crippen molar-refractivity contribution < 1.29 is 9.53 Å². The topological polar surface area (TPSA) is 93.1 Å². The Kier molecular flexibility index (Phi) is 5.77. The van der Waals surface area contributed by atoms with Crippen LogP contribution in [0.3, 0.4) is 0 Å². The van der Waals surface area contributed by atoms with Gasteiger partial charge in [0.25, 0.3) is 5.91 Å². The number of carbonyl (C=O) groups excluding carboxylic acids is 1. The van der Waals surface area contributed by atoms with Gasteiger partial charge in [0.05, 0.1) is 17.7 Å². The highest BCUT2D eigenvalue weighted by atomic mass is 16.5. The molecule has 4 atom stereocenters. The Labute approximate surface area is 187 Å². The van der Waals surface area contributed by atoms with Crippen LogP contribution in [-0.4, -0.2) is 63.1 Å². The van der Waals surface area contributed by atoms with E-state index >= 15 is 0 Å². The molecule has 0 spiro atoms. The van der Waals surface area contributed by atoms with Crippen molar-refractivity contribution in [2.45, 2.75) is 25.0 Å². The van der Waals surface area contributed by atoms with Crippen molar-refractivity contribution >= 4 is 11.7 Å². The molecular weight excluding hydrogens is 404 g/mol. The second-order valence-electron chi connectivity index (χ2n) is 8.45. The number of aromatic nitrogens is 4. The molecule has 8 nitrogen and oxygen atoms in total. The first-order chi connectivity index (χ1) is 15.7. The number of nitrogens with one attached hydrogen (secondary N) is 1. The van der Waals surface area contributed by atoms with Gasteiger partial charge in [-0.25, -0.2) is 15.0 Å². The predicted octanol–water partition coefficient (Wildman–Crippen LogP) is 2.91. The summed E-state index contributed by atoms with van der Waals surface area (Å²) < 4.78 is 5.80. The van der Waals surface area contributed by atoms with Gasteiger partial charge in [0.2, 0.25) is 0 Å². The number of fused-ring (bicyclic) bond motifs is 1. The lowest BCUT2D eigenvalue weighted by Crippen LogP contribution is -2.44. The number of anilines is 1. The van der Waals surface area contributed by atoms with Gasteiger partial charge in [-0.3, -0.25) is 9.78 Å². The van der Waals surface area contributed by atoms with Crippen LogP contribution < -0.4 is 5.32 Å². The minimum atomic E-state index is -0.0184. The molecule has 1 saturated heterocycles. The molecule has 0 bridgehead atoms. The number of hydrogen-bond acceptors (Lipinski definition) is 7. The molecule has 4 heterocycles. The average molecular weight is 431 g/mol. The van der Waals surface area contributed by atoms with Gasteiger partial charge in [-0.1, -0.05) is 12.1 Å². The normalized spacial score (nSPS) is 24.7. The van der Waals surface area contributed by atoms with Gasteiger partial charge in [-0.2, -0.15) is 0 Å². The van der Waals surface area contributed by atoms with Gasteiger partial charge in [-0.15, -0.1) is 0 Å². The zero-order valence-corrected chi connectivity index (χ0v) is 18.0. The Morgan fingerprint density at radius 3 is 2.34 bits per heavy atom. The number of amides is 1. The summed E-state index contributed by atoms with van der Waals surface area (Å²) in [6.45, 7) is 1.48. The Balaban J connectivity index is 1.26. The third kappa shape index (κ3) is 4.18. The molecule has 1 aliphatic heterocycles. The van der Waals surface area contributed by atoms with Crippen molar-refractivity contribution in [1.29, 1.82) is 0 Å². The van der Waals surface area contributed by atoms with Crippen LogP contribution in [0.1, 0.15) is 23.2 Å². The molecule has 3 aromatic heterocycles. The van der Waals surface area contributed by atoms with Crippen molar-refractivity contribution in [1.82, 2.24) is 24.8 Å². The fourth-order valence-electron chi connectivity index (χ4n) is 4.88. The van der Waals surface area contributed by atoms with E-state index in [0.29, 0.717) is 28.9 Å². The van der Waals surface area contributed by atoms with Crippen LogP contribution in [0.25, 0.3) is 11.5 Å². The number of carbonyl (C=O) groups is 1. The van der Waals surface area contributed by atoms with E-state index in [2.05, 4.69) is 25.3 Å². The van der Waals surface area contributed by atoms with Crippen molar-refractivity contribution in [3.8, 4) is 11.5 Å². The standard InChI is InChI=1S/C24H26N6O2/c1-32-21-11-17-15-30(14-16(17)10-20(21)29-22-7-3-5-9-26-22)24(31)18-12-27-23(28-13-18)19-6-2-4-8-25-19/h2-9,12-13,16-17,20-21H,10-11,14-15H2,1H3,(H,26,29)/t16-,17+,20-,21-/m1/s1. The van der Waals surface area contributed by atoms with Gasteiger partial charge in [0, 0.05) is 45.0 Å².